The van der Waals surface area contributed by atoms with Crippen LogP contribution in [0.25, 0.3) is 0 Å². The van der Waals surface area contributed by atoms with E-state index in [4.69, 9.17) is 5.73 Å². The lowest BCUT2D eigenvalue weighted by atomic mass is 10.1. The summed E-state index contributed by atoms with van der Waals surface area (Å²) in [5, 5.41) is 7.12. The van der Waals surface area contributed by atoms with Gasteiger partial charge in [0, 0.05) is 24.3 Å². The summed E-state index contributed by atoms with van der Waals surface area (Å²) in [5.74, 6) is -0.0835. The van der Waals surface area contributed by atoms with Crippen molar-refractivity contribution in [2.24, 2.45) is 5.73 Å². The number of nitrogens with two attached hydrogens (primary N) is 1. The molecule has 0 aromatic carbocycles. The van der Waals surface area contributed by atoms with Crippen LogP contribution >= 0.6 is 11.3 Å². The van der Waals surface area contributed by atoms with Crippen LogP contribution in [0.3, 0.4) is 0 Å². The number of pyridine rings is 1. The van der Waals surface area contributed by atoms with Crippen LogP contribution in [-0.4, -0.2) is 16.9 Å². The van der Waals surface area contributed by atoms with Crippen molar-refractivity contribution in [2.45, 2.75) is 25.9 Å². The molecule has 0 spiro atoms. The predicted molar refractivity (Wildman–Crippen MR) is 77.1 cm³/mol. The van der Waals surface area contributed by atoms with Gasteiger partial charge in [0.2, 0.25) is 0 Å². The first-order chi connectivity index (χ1) is 9.19. The normalized spacial score (nSPS) is 12.1. The Kier molecular flexibility index (Phi) is 4.65. The summed E-state index contributed by atoms with van der Waals surface area (Å²) in [6.07, 6.45) is 2.45. The van der Waals surface area contributed by atoms with Crippen molar-refractivity contribution >= 4 is 17.2 Å². The third-order valence-electron chi connectivity index (χ3n) is 2.79. The molecule has 0 aliphatic heterocycles. The van der Waals surface area contributed by atoms with E-state index in [1.54, 1.807) is 29.7 Å². The fourth-order valence-corrected chi connectivity index (χ4v) is 2.53. The van der Waals surface area contributed by atoms with Crippen molar-refractivity contribution in [3.63, 3.8) is 0 Å². The van der Waals surface area contributed by atoms with Gasteiger partial charge >= 0.3 is 0 Å². The second-order valence-electron chi connectivity index (χ2n) is 4.45. The summed E-state index contributed by atoms with van der Waals surface area (Å²) >= 11 is 1.67. The number of amides is 1. The number of aromatic nitrogens is 1. The fourth-order valence-electron chi connectivity index (χ4n) is 1.85. The lowest BCUT2D eigenvalue weighted by molar-refractivity contribution is 0.0940. The summed E-state index contributed by atoms with van der Waals surface area (Å²) in [7, 11) is 0. The van der Waals surface area contributed by atoms with Crippen LogP contribution in [0.4, 0.5) is 0 Å². The van der Waals surface area contributed by atoms with Gasteiger partial charge in [-0.3, -0.25) is 9.78 Å². The number of hydrogen-bond donors (Lipinski definition) is 2. The van der Waals surface area contributed by atoms with Gasteiger partial charge in [0.25, 0.3) is 5.91 Å². The van der Waals surface area contributed by atoms with Crippen LogP contribution in [0.2, 0.25) is 0 Å². The van der Waals surface area contributed by atoms with Crippen LogP contribution in [0.1, 0.15) is 28.5 Å². The van der Waals surface area contributed by atoms with Crippen molar-refractivity contribution in [3.05, 3.63) is 52.0 Å². The highest BCUT2D eigenvalue weighted by molar-refractivity contribution is 7.07. The third-order valence-corrected chi connectivity index (χ3v) is 3.52. The molecule has 100 valence electrons. The second-order valence-corrected chi connectivity index (χ2v) is 5.23. The molecule has 1 atom stereocenters. The van der Waals surface area contributed by atoms with Gasteiger partial charge in [-0.05, 0) is 47.9 Å². The highest BCUT2D eigenvalue weighted by Crippen LogP contribution is 2.09. The van der Waals surface area contributed by atoms with Crippen LogP contribution in [0.5, 0.6) is 0 Å². The number of carbonyl (C=O) groups excluding carboxylic acids is 1. The Morgan fingerprint density at radius 3 is 3.05 bits per heavy atom. The van der Waals surface area contributed by atoms with E-state index in [0.29, 0.717) is 12.1 Å². The van der Waals surface area contributed by atoms with E-state index in [9.17, 15) is 4.79 Å². The molecule has 2 aromatic rings. The Balaban J connectivity index is 1.96. The lowest BCUT2D eigenvalue weighted by Gasteiger charge is -2.13. The minimum absolute atomic E-state index is 0.0835. The highest BCUT2D eigenvalue weighted by Gasteiger charge is 2.11. The molecule has 0 aliphatic rings. The Morgan fingerprint density at radius 1 is 1.53 bits per heavy atom. The molecule has 5 heteroatoms. The molecule has 0 radical (unpaired) electrons. The molecular formula is C14H17N3OS. The topological polar surface area (TPSA) is 68.0 Å². The first-order valence-corrected chi connectivity index (χ1v) is 7.10. The minimum Gasteiger partial charge on any atom is -0.349 e. The molecule has 0 saturated heterocycles. The van der Waals surface area contributed by atoms with Crippen LogP contribution in [0, 0.1) is 0 Å². The maximum absolute atomic E-state index is 12.1. The van der Waals surface area contributed by atoms with Gasteiger partial charge in [-0.25, -0.2) is 0 Å². The molecule has 1 amide bonds. The average Bonchev–Trinajstić information content (AvgIpc) is 2.91. The van der Waals surface area contributed by atoms with Gasteiger partial charge in [-0.2, -0.15) is 11.3 Å². The van der Waals surface area contributed by atoms with Gasteiger partial charge in [0.1, 0.15) is 0 Å². The number of hydrogen-bond acceptors (Lipinski definition) is 4. The first kappa shape index (κ1) is 13.7. The molecular weight excluding hydrogens is 258 g/mol. The first-order valence-electron chi connectivity index (χ1n) is 6.16. The summed E-state index contributed by atoms with van der Waals surface area (Å²) in [6.45, 7) is 2.34. The molecule has 2 heterocycles. The Labute approximate surface area is 116 Å². The van der Waals surface area contributed by atoms with E-state index in [2.05, 4.69) is 21.7 Å². The van der Waals surface area contributed by atoms with Gasteiger partial charge in [0.05, 0.1) is 5.69 Å². The molecule has 0 aliphatic carbocycles. The van der Waals surface area contributed by atoms with E-state index in [1.807, 2.05) is 12.3 Å². The van der Waals surface area contributed by atoms with Crippen molar-refractivity contribution in [2.75, 3.05) is 0 Å². The predicted octanol–water partition coefficient (Wildman–Crippen LogP) is 1.96. The van der Waals surface area contributed by atoms with Crippen LogP contribution in [0.15, 0.2) is 35.2 Å². The van der Waals surface area contributed by atoms with E-state index < -0.39 is 0 Å². The number of nitrogens with zero attached hydrogens (tertiary/aromatic N) is 1. The molecule has 1 unspecified atom stereocenters. The van der Waals surface area contributed by atoms with Crippen LogP contribution < -0.4 is 11.1 Å². The van der Waals surface area contributed by atoms with E-state index >= 15 is 0 Å². The highest BCUT2D eigenvalue weighted by atomic mass is 32.1. The largest absolute Gasteiger partial charge is 0.349 e. The number of carbonyl (C=O) groups is 1. The second kappa shape index (κ2) is 6.45. The molecule has 0 bridgehead atoms. The maximum atomic E-state index is 12.1. The summed E-state index contributed by atoms with van der Waals surface area (Å²) in [6, 6.07) is 5.60. The summed E-state index contributed by atoms with van der Waals surface area (Å²) in [4.78, 5) is 16.2. The SMILES string of the molecule is CC(Cc1ccsc1)NC(=O)c1ccnc(CN)c1. The Morgan fingerprint density at radius 2 is 2.37 bits per heavy atom. The third kappa shape index (κ3) is 3.87. The summed E-state index contributed by atoms with van der Waals surface area (Å²) in [5.41, 5.74) is 8.09. The Bertz CT molecular complexity index is 539. The van der Waals surface area contributed by atoms with E-state index in [-0.39, 0.29) is 11.9 Å². The molecule has 0 saturated carbocycles. The average molecular weight is 275 g/mol. The van der Waals surface area contributed by atoms with E-state index in [0.717, 1.165) is 12.1 Å². The molecule has 2 aromatic heterocycles. The molecule has 19 heavy (non-hydrogen) atoms. The monoisotopic (exact) mass is 275 g/mol. The van der Waals surface area contributed by atoms with Crippen molar-refractivity contribution in [1.29, 1.82) is 0 Å². The standard InChI is InChI=1S/C14H17N3OS/c1-10(6-11-3-5-19-9-11)17-14(18)12-2-4-16-13(7-12)8-15/h2-5,7,9-10H,6,8,15H2,1H3,(H,17,18). The van der Waals surface area contributed by atoms with Gasteiger partial charge in [-0.15, -0.1) is 0 Å². The molecule has 3 N–H and O–H groups in total. The fraction of sp³-hybridized carbons (Fsp3) is 0.286. The molecule has 2 rings (SSSR count). The Hall–Kier alpha value is -1.72. The quantitative estimate of drug-likeness (QED) is 0.876. The number of nitrogens with one attached hydrogen (secondary N) is 1. The zero-order chi connectivity index (χ0) is 13.7. The molecule has 4 nitrogen and oxygen atoms in total. The van der Waals surface area contributed by atoms with Gasteiger partial charge in [0.15, 0.2) is 0 Å². The molecule has 0 fully saturated rings. The van der Waals surface area contributed by atoms with Crippen LogP contribution in [-0.2, 0) is 13.0 Å². The van der Waals surface area contributed by atoms with Crippen molar-refractivity contribution < 1.29 is 4.79 Å². The number of rotatable bonds is 5. The minimum atomic E-state index is -0.0835. The van der Waals surface area contributed by atoms with Crippen molar-refractivity contribution in [1.82, 2.24) is 10.3 Å². The van der Waals surface area contributed by atoms with E-state index in [1.165, 1.54) is 5.56 Å². The van der Waals surface area contributed by atoms with Gasteiger partial charge in [-0.1, -0.05) is 0 Å². The van der Waals surface area contributed by atoms with Gasteiger partial charge < -0.3 is 11.1 Å². The number of thiophene rings is 1. The smallest absolute Gasteiger partial charge is 0.251 e. The lowest BCUT2D eigenvalue weighted by Crippen LogP contribution is -2.34. The summed E-state index contributed by atoms with van der Waals surface area (Å²) < 4.78 is 0. The maximum Gasteiger partial charge on any atom is 0.251 e. The van der Waals surface area contributed by atoms with Crippen molar-refractivity contribution in [3.8, 4) is 0 Å². The zero-order valence-corrected chi connectivity index (χ0v) is 11.6. The zero-order valence-electron chi connectivity index (χ0n) is 10.8.